The first-order valence-corrected chi connectivity index (χ1v) is 8.65. The number of hydrogen-bond donors (Lipinski definition) is 0. The van der Waals surface area contributed by atoms with E-state index in [2.05, 4.69) is 0 Å². The Bertz CT molecular complexity index is 847. The van der Waals surface area contributed by atoms with E-state index in [1.807, 2.05) is 19.1 Å². The Hall–Kier alpha value is -2.66. The number of benzene rings is 2. The van der Waals surface area contributed by atoms with Gasteiger partial charge in [0, 0.05) is 18.5 Å². The van der Waals surface area contributed by atoms with Crippen LogP contribution >= 0.6 is 11.6 Å². The highest BCUT2D eigenvalue weighted by Crippen LogP contribution is 2.31. The van der Waals surface area contributed by atoms with Crippen LogP contribution in [0.15, 0.2) is 48.5 Å². The third kappa shape index (κ3) is 3.94. The van der Waals surface area contributed by atoms with E-state index in [9.17, 15) is 14.4 Å². The molecule has 0 unspecified atom stereocenters. The predicted octanol–water partition coefficient (Wildman–Crippen LogP) is 3.43. The Kier molecular flexibility index (Phi) is 5.38. The molecule has 6 heteroatoms. The highest BCUT2D eigenvalue weighted by Gasteiger charge is 2.37. The summed E-state index contributed by atoms with van der Waals surface area (Å²) in [6, 6.07) is 14.0. The van der Waals surface area contributed by atoms with E-state index in [1.165, 1.54) is 4.90 Å². The molecule has 0 spiro atoms. The molecule has 1 aliphatic rings. The Balaban J connectivity index is 1.59. The maximum atomic E-state index is 12.3. The second-order valence-electron chi connectivity index (χ2n) is 6.25. The van der Waals surface area contributed by atoms with Crippen molar-refractivity contribution in [1.82, 2.24) is 0 Å². The van der Waals surface area contributed by atoms with E-state index in [-0.39, 0.29) is 31.3 Å². The minimum atomic E-state index is -0.607. The number of carbonyl (C=O) groups is 3. The molecular formula is C20H18ClNO4. The number of ketones is 1. The van der Waals surface area contributed by atoms with E-state index >= 15 is 0 Å². The molecule has 0 aliphatic carbocycles. The molecule has 1 saturated heterocycles. The fourth-order valence-corrected chi connectivity index (χ4v) is 3.08. The number of hydrogen-bond acceptors (Lipinski definition) is 4. The second kappa shape index (κ2) is 7.70. The predicted molar refractivity (Wildman–Crippen MR) is 98.4 cm³/mol. The normalized spacial score (nSPS) is 16.6. The first-order valence-electron chi connectivity index (χ1n) is 8.27. The quantitative estimate of drug-likeness (QED) is 0.596. The molecule has 0 bridgehead atoms. The van der Waals surface area contributed by atoms with Gasteiger partial charge in [-0.2, -0.15) is 0 Å². The van der Waals surface area contributed by atoms with Gasteiger partial charge in [0.1, 0.15) is 0 Å². The maximum absolute atomic E-state index is 12.3. The van der Waals surface area contributed by atoms with Gasteiger partial charge in [-0.1, -0.05) is 53.6 Å². The lowest BCUT2D eigenvalue weighted by Gasteiger charge is -2.17. The van der Waals surface area contributed by atoms with Crippen LogP contribution in [0.25, 0.3) is 0 Å². The Labute approximate surface area is 156 Å². The summed E-state index contributed by atoms with van der Waals surface area (Å²) in [5.74, 6) is -1.62. The fourth-order valence-electron chi connectivity index (χ4n) is 2.85. The molecule has 3 rings (SSSR count). The van der Waals surface area contributed by atoms with Gasteiger partial charge in [0.15, 0.2) is 12.4 Å². The smallest absolute Gasteiger partial charge is 0.311 e. The van der Waals surface area contributed by atoms with Gasteiger partial charge in [0.25, 0.3) is 0 Å². The van der Waals surface area contributed by atoms with E-state index in [0.717, 1.165) is 5.56 Å². The summed E-state index contributed by atoms with van der Waals surface area (Å²) in [4.78, 5) is 38.1. The third-order valence-electron chi connectivity index (χ3n) is 4.32. The zero-order chi connectivity index (χ0) is 18.7. The van der Waals surface area contributed by atoms with Gasteiger partial charge in [-0.25, -0.2) is 0 Å². The van der Waals surface area contributed by atoms with Crippen LogP contribution in [0.2, 0.25) is 5.02 Å². The van der Waals surface area contributed by atoms with Gasteiger partial charge >= 0.3 is 5.97 Å². The second-order valence-corrected chi connectivity index (χ2v) is 6.66. The zero-order valence-corrected chi connectivity index (χ0v) is 15.0. The number of halogens is 1. The Morgan fingerprint density at radius 2 is 1.85 bits per heavy atom. The lowest BCUT2D eigenvalue weighted by Crippen LogP contribution is -2.27. The summed E-state index contributed by atoms with van der Waals surface area (Å²) in [7, 11) is 0. The minimum absolute atomic E-state index is 0.0444. The average molecular weight is 372 g/mol. The highest BCUT2D eigenvalue weighted by atomic mass is 35.5. The van der Waals surface area contributed by atoms with Crippen LogP contribution in [-0.4, -0.2) is 30.8 Å². The summed E-state index contributed by atoms with van der Waals surface area (Å²) in [6.07, 6.45) is 0.0444. The number of amides is 1. The molecule has 1 heterocycles. The van der Waals surface area contributed by atoms with Crippen molar-refractivity contribution in [2.24, 2.45) is 5.92 Å². The number of esters is 1. The zero-order valence-electron chi connectivity index (χ0n) is 14.3. The van der Waals surface area contributed by atoms with Gasteiger partial charge in [0.05, 0.1) is 16.6 Å². The molecule has 1 aliphatic heterocycles. The Morgan fingerprint density at radius 3 is 2.54 bits per heavy atom. The molecule has 1 atom stereocenters. The van der Waals surface area contributed by atoms with Crippen LogP contribution in [0, 0.1) is 12.8 Å². The van der Waals surface area contributed by atoms with E-state index in [4.69, 9.17) is 16.3 Å². The number of para-hydroxylation sites is 1. The summed E-state index contributed by atoms with van der Waals surface area (Å²) >= 11 is 6.12. The largest absolute Gasteiger partial charge is 0.457 e. The van der Waals surface area contributed by atoms with Crippen molar-refractivity contribution >= 4 is 34.9 Å². The molecule has 134 valence electrons. The first-order chi connectivity index (χ1) is 12.5. The number of carbonyl (C=O) groups excluding carboxylic acids is 3. The molecule has 2 aromatic rings. The average Bonchev–Trinajstić information content (AvgIpc) is 3.02. The van der Waals surface area contributed by atoms with E-state index in [0.29, 0.717) is 16.3 Å². The van der Waals surface area contributed by atoms with Crippen LogP contribution in [0.3, 0.4) is 0 Å². The van der Waals surface area contributed by atoms with Gasteiger partial charge in [-0.3, -0.25) is 14.4 Å². The SMILES string of the molecule is Cc1ccc(C(=O)COC(=O)[C@@H]2CC(=O)N(c3ccccc3Cl)C2)cc1. The van der Waals surface area contributed by atoms with E-state index < -0.39 is 11.9 Å². The summed E-state index contributed by atoms with van der Waals surface area (Å²) < 4.78 is 5.13. The topological polar surface area (TPSA) is 63.7 Å². The molecule has 0 radical (unpaired) electrons. The minimum Gasteiger partial charge on any atom is -0.457 e. The van der Waals surface area contributed by atoms with Crippen LogP contribution in [-0.2, 0) is 14.3 Å². The molecule has 1 amide bonds. The fraction of sp³-hybridized carbons (Fsp3) is 0.250. The Morgan fingerprint density at radius 1 is 1.15 bits per heavy atom. The van der Waals surface area contributed by atoms with Crippen LogP contribution in [0.5, 0.6) is 0 Å². The number of Topliss-reactive ketones (excluding diaryl/α,β-unsaturated/α-hetero) is 1. The van der Waals surface area contributed by atoms with Crippen LogP contribution in [0.1, 0.15) is 22.3 Å². The third-order valence-corrected chi connectivity index (χ3v) is 4.64. The van der Waals surface area contributed by atoms with Crippen molar-refractivity contribution in [3.05, 3.63) is 64.7 Å². The number of anilines is 1. The number of rotatable bonds is 5. The van der Waals surface area contributed by atoms with Crippen molar-refractivity contribution < 1.29 is 19.1 Å². The molecule has 0 aromatic heterocycles. The summed E-state index contributed by atoms with van der Waals surface area (Å²) in [5, 5.41) is 0.449. The highest BCUT2D eigenvalue weighted by molar-refractivity contribution is 6.33. The first kappa shape index (κ1) is 18.1. The van der Waals surface area contributed by atoms with Crippen molar-refractivity contribution in [2.45, 2.75) is 13.3 Å². The lowest BCUT2D eigenvalue weighted by atomic mass is 10.1. The van der Waals surface area contributed by atoms with Gasteiger partial charge in [-0.05, 0) is 19.1 Å². The number of ether oxygens (including phenoxy) is 1. The van der Waals surface area contributed by atoms with Gasteiger partial charge < -0.3 is 9.64 Å². The molecular weight excluding hydrogens is 354 g/mol. The molecule has 1 fully saturated rings. The van der Waals surface area contributed by atoms with Gasteiger partial charge in [-0.15, -0.1) is 0 Å². The monoisotopic (exact) mass is 371 g/mol. The van der Waals surface area contributed by atoms with Gasteiger partial charge in [0.2, 0.25) is 5.91 Å². The van der Waals surface area contributed by atoms with E-state index in [1.54, 1.807) is 36.4 Å². The lowest BCUT2D eigenvalue weighted by molar-refractivity contribution is -0.147. The van der Waals surface area contributed by atoms with Crippen LogP contribution in [0.4, 0.5) is 5.69 Å². The number of aryl methyl sites for hydroxylation is 1. The van der Waals surface area contributed by atoms with Crippen molar-refractivity contribution in [3.8, 4) is 0 Å². The van der Waals surface area contributed by atoms with Crippen molar-refractivity contribution in [2.75, 3.05) is 18.1 Å². The molecule has 26 heavy (non-hydrogen) atoms. The van der Waals surface area contributed by atoms with Crippen molar-refractivity contribution in [1.29, 1.82) is 0 Å². The standard InChI is InChI=1S/C20H18ClNO4/c1-13-6-8-14(9-7-13)18(23)12-26-20(25)15-10-19(24)22(11-15)17-5-3-2-4-16(17)21/h2-9,15H,10-12H2,1H3/t15-/m1/s1. The number of nitrogens with zero attached hydrogens (tertiary/aromatic N) is 1. The maximum Gasteiger partial charge on any atom is 0.311 e. The molecule has 2 aromatic carbocycles. The summed E-state index contributed by atoms with van der Waals surface area (Å²) in [5.41, 5.74) is 2.11. The summed E-state index contributed by atoms with van der Waals surface area (Å²) in [6.45, 7) is 1.79. The molecule has 5 nitrogen and oxygen atoms in total. The van der Waals surface area contributed by atoms with Crippen LogP contribution < -0.4 is 4.90 Å². The molecule has 0 saturated carbocycles. The molecule has 0 N–H and O–H groups in total. The van der Waals surface area contributed by atoms with Crippen molar-refractivity contribution in [3.63, 3.8) is 0 Å².